The van der Waals surface area contributed by atoms with E-state index in [1.54, 1.807) is 0 Å². The molecule has 188 valence electrons. The Kier molecular flexibility index (Phi) is 6.49. The van der Waals surface area contributed by atoms with Crippen LogP contribution in [-0.2, 0) is 15.4 Å². The molecule has 1 atom stereocenters. The fraction of sp³-hybridized carbons (Fsp3) is 0.556. The van der Waals surface area contributed by atoms with Crippen LogP contribution in [0.4, 0.5) is 27.6 Å². The second kappa shape index (κ2) is 8.63. The molecule has 1 saturated heterocycles. The number of hydrogen-bond donors (Lipinski definition) is 1. The molecule has 2 aromatic rings. The first-order valence-corrected chi connectivity index (χ1v) is 11.7. The number of halogens is 5. The predicted molar refractivity (Wildman–Crippen MR) is 107 cm³/mol. The number of hydrogen-bond acceptors (Lipinski definition) is 9. The van der Waals surface area contributed by atoms with Gasteiger partial charge in [0.1, 0.15) is 26.8 Å². The predicted octanol–water partition coefficient (Wildman–Crippen LogP) is 1.86. The molecule has 16 heteroatoms. The molecule has 10 nitrogen and oxygen atoms in total. The highest BCUT2D eigenvalue weighted by molar-refractivity contribution is 7.90. The van der Waals surface area contributed by atoms with Gasteiger partial charge in [-0.1, -0.05) is 5.16 Å². The van der Waals surface area contributed by atoms with Crippen LogP contribution in [-0.4, -0.2) is 73.3 Å². The van der Waals surface area contributed by atoms with E-state index in [9.17, 15) is 35.2 Å². The van der Waals surface area contributed by atoms with Crippen LogP contribution in [0.15, 0.2) is 16.8 Å². The average molecular weight is 513 g/mol. The van der Waals surface area contributed by atoms with Crippen molar-refractivity contribution in [1.82, 2.24) is 20.4 Å². The molecule has 3 heterocycles. The van der Waals surface area contributed by atoms with Crippen LogP contribution < -0.4 is 15.0 Å². The van der Waals surface area contributed by atoms with Crippen LogP contribution in [0.25, 0.3) is 0 Å². The van der Waals surface area contributed by atoms with Gasteiger partial charge < -0.3 is 19.5 Å². The van der Waals surface area contributed by atoms with E-state index in [-0.39, 0.29) is 17.4 Å². The third-order valence-electron chi connectivity index (χ3n) is 4.62. The van der Waals surface area contributed by atoms with Crippen molar-refractivity contribution in [1.29, 1.82) is 0 Å². The summed E-state index contributed by atoms with van der Waals surface area (Å²) in [6, 6.07) is 0.856. The maximum absolute atomic E-state index is 13.3. The molecule has 0 aromatic carbocycles. The van der Waals surface area contributed by atoms with E-state index in [4.69, 9.17) is 9.26 Å². The molecule has 1 N–H and O–H groups in total. The first kappa shape index (κ1) is 25.6. The molecule has 3 rings (SSSR count). The van der Waals surface area contributed by atoms with E-state index >= 15 is 0 Å². The van der Waals surface area contributed by atoms with E-state index in [1.807, 2.05) is 0 Å². The minimum Gasteiger partial charge on any atom is -0.482 e. The molecule has 34 heavy (non-hydrogen) atoms. The van der Waals surface area contributed by atoms with E-state index in [2.05, 4.69) is 20.4 Å². The summed E-state index contributed by atoms with van der Waals surface area (Å²) in [5.74, 6) is -5.20. The third kappa shape index (κ3) is 6.30. The number of rotatable bonds is 8. The van der Waals surface area contributed by atoms with Gasteiger partial charge in [-0.25, -0.2) is 22.2 Å². The van der Waals surface area contributed by atoms with Crippen LogP contribution in [0.2, 0.25) is 0 Å². The molecule has 2 aromatic heterocycles. The normalized spacial score (nSPS) is 17.6. The van der Waals surface area contributed by atoms with Gasteiger partial charge in [0.2, 0.25) is 5.89 Å². The molecule has 0 aliphatic carbocycles. The second-order valence-corrected chi connectivity index (χ2v) is 10.3. The zero-order valence-electron chi connectivity index (χ0n) is 18.1. The van der Waals surface area contributed by atoms with Crippen molar-refractivity contribution in [3.8, 4) is 5.75 Å². The van der Waals surface area contributed by atoms with Gasteiger partial charge >= 0.3 is 6.18 Å². The Labute approximate surface area is 190 Å². The monoisotopic (exact) mass is 513 g/mol. The summed E-state index contributed by atoms with van der Waals surface area (Å²) in [5.41, 5.74) is -2.29. The standard InChI is InChI=1S/C18H20F5N5O5S/c1-10-25-15(27-33-10)16(2,9-34(3,30)31)26-14(29)11-4-13(32-8-18(21,22)23)12(5-24-11)28-6-17(19,20)7-28/h4-5H,6-9H2,1-3H3,(H,26,29). The van der Waals surface area contributed by atoms with E-state index in [1.165, 1.54) is 13.8 Å². The van der Waals surface area contributed by atoms with Crippen molar-refractivity contribution in [3.05, 3.63) is 29.7 Å². The van der Waals surface area contributed by atoms with Gasteiger partial charge in [-0.15, -0.1) is 0 Å². The Morgan fingerprint density at radius 2 is 1.97 bits per heavy atom. The number of alkyl halides is 5. The molecule has 0 bridgehead atoms. The minimum atomic E-state index is -4.73. The lowest BCUT2D eigenvalue weighted by molar-refractivity contribution is -0.153. The average Bonchev–Trinajstić information content (AvgIpc) is 3.09. The van der Waals surface area contributed by atoms with Crippen LogP contribution >= 0.6 is 0 Å². The molecule has 1 fully saturated rings. The maximum Gasteiger partial charge on any atom is 0.422 e. The Morgan fingerprint density at radius 3 is 2.47 bits per heavy atom. The van der Waals surface area contributed by atoms with Crippen LogP contribution in [0, 0.1) is 6.92 Å². The number of ether oxygens (including phenoxy) is 1. The quantitative estimate of drug-likeness (QED) is 0.526. The molecule has 1 amide bonds. The van der Waals surface area contributed by atoms with Gasteiger partial charge in [-0.3, -0.25) is 4.79 Å². The van der Waals surface area contributed by atoms with Gasteiger partial charge in [-0.05, 0) is 6.92 Å². The Hall–Kier alpha value is -3.04. The van der Waals surface area contributed by atoms with Gasteiger partial charge in [-0.2, -0.15) is 18.2 Å². The fourth-order valence-corrected chi connectivity index (χ4v) is 4.52. The summed E-state index contributed by atoms with van der Waals surface area (Å²) in [6.45, 7) is -0.488. The number of sulfone groups is 1. The number of amides is 1. The van der Waals surface area contributed by atoms with Crippen molar-refractivity contribution in [2.45, 2.75) is 31.5 Å². The lowest BCUT2D eigenvalue weighted by Crippen LogP contribution is -2.56. The molecule has 0 saturated carbocycles. The zero-order chi connectivity index (χ0) is 25.5. The fourth-order valence-electron chi connectivity index (χ4n) is 3.27. The SMILES string of the molecule is Cc1nc(C(C)(CS(C)(=O)=O)NC(=O)c2cc(OCC(F)(F)F)c(N3CC(F)(F)C3)cn2)no1. The van der Waals surface area contributed by atoms with Crippen molar-refractivity contribution in [3.63, 3.8) is 0 Å². The lowest BCUT2D eigenvalue weighted by atomic mass is 10.0. The third-order valence-corrected chi connectivity index (χ3v) is 5.72. The van der Waals surface area contributed by atoms with Crippen LogP contribution in [0.3, 0.4) is 0 Å². The number of carbonyl (C=O) groups excluding carboxylic acids is 1. The Morgan fingerprint density at radius 1 is 1.32 bits per heavy atom. The molecule has 0 spiro atoms. The molecule has 1 unspecified atom stereocenters. The summed E-state index contributed by atoms with van der Waals surface area (Å²) in [7, 11) is -3.69. The second-order valence-electron chi connectivity index (χ2n) is 8.15. The smallest absolute Gasteiger partial charge is 0.422 e. The van der Waals surface area contributed by atoms with Crippen molar-refractivity contribution >= 4 is 21.4 Å². The highest BCUT2D eigenvalue weighted by atomic mass is 32.2. The largest absolute Gasteiger partial charge is 0.482 e. The van der Waals surface area contributed by atoms with Crippen molar-refractivity contribution in [2.24, 2.45) is 0 Å². The molecular weight excluding hydrogens is 493 g/mol. The van der Waals surface area contributed by atoms with Crippen LogP contribution in [0.1, 0.15) is 29.1 Å². The van der Waals surface area contributed by atoms with E-state index < -0.39 is 70.3 Å². The Bertz CT molecular complexity index is 1180. The topological polar surface area (TPSA) is 128 Å². The van der Waals surface area contributed by atoms with Gasteiger partial charge in [0, 0.05) is 19.2 Å². The lowest BCUT2D eigenvalue weighted by Gasteiger charge is -2.40. The van der Waals surface area contributed by atoms with Crippen LogP contribution in [0.5, 0.6) is 5.75 Å². The van der Waals surface area contributed by atoms with E-state index in [0.29, 0.717) is 0 Å². The number of pyridine rings is 1. The number of anilines is 1. The molecule has 1 aliphatic rings. The molecule has 1 aliphatic heterocycles. The van der Waals surface area contributed by atoms with Gasteiger partial charge in [0.15, 0.2) is 12.4 Å². The highest BCUT2D eigenvalue weighted by Gasteiger charge is 2.45. The number of nitrogens with one attached hydrogen (secondary N) is 1. The first-order chi connectivity index (χ1) is 15.5. The summed E-state index contributed by atoms with van der Waals surface area (Å²) in [4.78, 5) is 21.7. The van der Waals surface area contributed by atoms with Gasteiger partial charge in [0.05, 0.1) is 30.7 Å². The Balaban J connectivity index is 1.91. The van der Waals surface area contributed by atoms with E-state index in [0.717, 1.165) is 23.4 Å². The van der Waals surface area contributed by atoms with Crippen molar-refractivity contribution < 1.29 is 44.4 Å². The van der Waals surface area contributed by atoms with Crippen molar-refractivity contribution in [2.75, 3.05) is 36.6 Å². The zero-order valence-corrected chi connectivity index (χ0v) is 18.9. The number of carbonyl (C=O) groups is 1. The number of aromatic nitrogens is 3. The summed E-state index contributed by atoms with van der Waals surface area (Å²) < 4.78 is 98.1. The summed E-state index contributed by atoms with van der Waals surface area (Å²) in [5, 5.41) is 6.06. The number of nitrogens with zero attached hydrogens (tertiary/aromatic N) is 4. The minimum absolute atomic E-state index is 0.0978. The first-order valence-electron chi connectivity index (χ1n) is 9.60. The summed E-state index contributed by atoms with van der Waals surface area (Å²) in [6.07, 6.45) is -2.88. The maximum atomic E-state index is 13.3. The highest BCUT2D eigenvalue weighted by Crippen LogP contribution is 2.38. The van der Waals surface area contributed by atoms with Gasteiger partial charge in [0.25, 0.3) is 11.8 Å². The number of aryl methyl sites for hydroxylation is 1. The summed E-state index contributed by atoms with van der Waals surface area (Å²) >= 11 is 0. The molecule has 0 radical (unpaired) electrons. The molecular formula is C18H20F5N5O5S.